The molecule has 0 saturated carbocycles. The Bertz CT molecular complexity index is 2810. The number of fused-ring (bicyclic) bond motifs is 9. The smallest absolute Gasteiger partial charge is 0.145 e. The molecule has 10 aromatic rings. The lowest BCUT2D eigenvalue weighted by atomic mass is 9.97. The van der Waals surface area contributed by atoms with Crippen LogP contribution in [0.15, 0.2) is 168 Å². The van der Waals surface area contributed by atoms with E-state index in [2.05, 4.69) is 169 Å². The highest BCUT2D eigenvalue weighted by Crippen LogP contribution is 2.51. The highest BCUT2D eigenvalue weighted by Gasteiger charge is 2.25. The average Bonchev–Trinajstić information content (AvgIpc) is 3.72. The normalized spacial score (nSPS) is 11.8. The maximum atomic E-state index is 6.76. The summed E-state index contributed by atoms with van der Waals surface area (Å²) in [5, 5.41) is 9.68. The largest absolute Gasteiger partial charge is 0.455 e. The summed E-state index contributed by atoms with van der Waals surface area (Å²) in [6, 6.07) is 58.9. The molecule has 47 heavy (non-hydrogen) atoms. The average molecular weight is 618 g/mol. The van der Waals surface area contributed by atoms with Crippen molar-refractivity contribution in [2.75, 3.05) is 4.90 Å². The molecule has 0 spiro atoms. The van der Waals surface area contributed by atoms with E-state index in [4.69, 9.17) is 4.42 Å². The Balaban J connectivity index is 1.37. The van der Waals surface area contributed by atoms with E-state index in [0.29, 0.717) is 0 Å². The van der Waals surface area contributed by atoms with Gasteiger partial charge < -0.3 is 9.32 Å². The van der Waals surface area contributed by atoms with Crippen molar-refractivity contribution in [1.29, 1.82) is 0 Å². The maximum Gasteiger partial charge on any atom is 0.145 e. The number of hydrogen-bond acceptors (Lipinski definition) is 3. The number of furan rings is 1. The lowest BCUT2D eigenvalue weighted by molar-refractivity contribution is 0.670. The van der Waals surface area contributed by atoms with E-state index >= 15 is 0 Å². The lowest BCUT2D eigenvalue weighted by Gasteiger charge is -2.29. The zero-order chi connectivity index (χ0) is 30.9. The highest BCUT2D eigenvalue weighted by atomic mass is 32.1. The Morgan fingerprint density at radius 1 is 0.404 bits per heavy atom. The van der Waals surface area contributed by atoms with E-state index in [1.807, 2.05) is 11.3 Å². The first-order valence-corrected chi connectivity index (χ1v) is 16.8. The van der Waals surface area contributed by atoms with Crippen LogP contribution < -0.4 is 4.90 Å². The molecule has 3 heteroatoms. The van der Waals surface area contributed by atoms with Crippen molar-refractivity contribution < 1.29 is 4.42 Å². The summed E-state index contributed by atoms with van der Waals surface area (Å²) in [6.07, 6.45) is 0. The molecule has 0 amide bonds. The second-order valence-corrected chi connectivity index (χ2v) is 13.1. The fourth-order valence-electron chi connectivity index (χ4n) is 7.39. The van der Waals surface area contributed by atoms with E-state index in [-0.39, 0.29) is 0 Å². The van der Waals surface area contributed by atoms with Crippen LogP contribution in [0.5, 0.6) is 0 Å². The number of hydrogen-bond donors (Lipinski definition) is 0. The number of benzene rings is 8. The van der Waals surface area contributed by atoms with Gasteiger partial charge in [0.25, 0.3) is 0 Å². The maximum absolute atomic E-state index is 6.76. The third-order valence-electron chi connectivity index (χ3n) is 9.46. The first-order chi connectivity index (χ1) is 23.3. The van der Waals surface area contributed by atoms with E-state index in [1.165, 1.54) is 41.7 Å². The number of para-hydroxylation sites is 1. The molecule has 0 fully saturated rings. The van der Waals surface area contributed by atoms with E-state index < -0.39 is 0 Å². The fourth-order valence-corrected chi connectivity index (χ4v) is 8.52. The van der Waals surface area contributed by atoms with Gasteiger partial charge in [0.05, 0.1) is 22.4 Å². The van der Waals surface area contributed by atoms with Crippen LogP contribution >= 0.6 is 11.3 Å². The van der Waals surface area contributed by atoms with Crippen molar-refractivity contribution in [1.82, 2.24) is 0 Å². The predicted molar refractivity (Wildman–Crippen MR) is 202 cm³/mol. The van der Waals surface area contributed by atoms with Crippen molar-refractivity contribution >= 4 is 92.1 Å². The molecule has 2 nitrogen and oxygen atoms in total. The van der Waals surface area contributed by atoms with Crippen LogP contribution in [0, 0.1) is 0 Å². The van der Waals surface area contributed by atoms with Gasteiger partial charge in [-0.05, 0) is 64.2 Å². The molecule has 0 N–H and O–H groups in total. The minimum atomic E-state index is 0.884. The Hall–Kier alpha value is -5.90. The van der Waals surface area contributed by atoms with Gasteiger partial charge in [0.15, 0.2) is 0 Å². The standard InChI is InChI=1S/C44H27NOS/c1-2-12-28(13-3-1)31-26-27-38(43-34-16-6-8-21-39(34)46-44(31)43)45(37-20-11-23-41-42(37)35-17-7-9-22-40(35)47-41)36-19-10-18-32-30-15-5-4-14-29(30)24-25-33(32)36/h1-27H. The summed E-state index contributed by atoms with van der Waals surface area (Å²) in [6.45, 7) is 0. The number of nitrogens with zero attached hydrogens (tertiary/aromatic N) is 1. The van der Waals surface area contributed by atoms with Gasteiger partial charge in [-0.15, -0.1) is 11.3 Å². The van der Waals surface area contributed by atoms with Crippen LogP contribution in [0.4, 0.5) is 17.1 Å². The van der Waals surface area contributed by atoms with Crippen molar-refractivity contribution in [3.8, 4) is 11.1 Å². The molecule has 0 atom stereocenters. The van der Waals surface area contributed by atoms with Crippen molar-refractivity contribution in [2.45, 2.75) is 0 Å². The molecule has 0 bridgehead atoms. The third-order valence-corrected chi connectivity index (χ3v) is 10.6. The number of rotatable bonds is 4. The summed E-state index contributed by atoms with van der Waals surface area (Å²) >= 11 is 1.85. The molecule has 2 heterocycles. The van der Waals surface area contributed by atoms with Crippen LogP contribution in [-0.2, 0) is 0 Å². The molecule has 0 aliphatic heterocycles. The Kier molecular flexibility index (Phi) is 5.78. The van der Waals surface area contributed by atoms with Gasteiger partial charge in [0.1, 0.15) is 11.2 Å². The zero-order valence-corrected chi connectivity index (χ0v) is 26.2. The molecule has 0 aliphatic carbocycles. The molecule has 0 unspecified atom stereocenters. The predicted octanol–water partition coefficient (Wildman–Crippen LogP) is 13.4. The fraction of sp³-hybridized carbons (Fsp3) is 0. The third kappa shape index (κ3) is 3.97. The molecule has 220 valence electrons. The van der Waals surface area contributed by atoms with Gasteiger partial charge >= 0.3 is 0 Å². The van der Waals surface area contributed by atoms with E-state index in [9.17, 15) is 0 Å². The van der Waals surface area contributed by atoms with Crippen LogP contribution in [0.1, 0.15) is 0 Å². The first-order valence-electron chi connectivity index (χ1n) is 15.9. The topological polar surface area (TPSA) is 16.4 Å². The van der Waals surface area contributed by atoms with E-state index in [1.54, 1.807) is 0 Å². The summed E-state index contributed by atoms with van der Waals surface area (Å²) in [4.78, 5) is 2.48. The molecule has 0 aliphatic rings. The Morgan fingerprint density at radius 2 is 1.09 bits per heavy atom. The SMILES string of the molecule is c1ccc(-c2ccc(N(c3cccc4c3ccc3ccccc34)c3cccc4sc5ccccc5c34)c3c2oc2ccccc23)cc1. The van der Waals surface area contributed by atoms with Crippen LogP contribution in [-0.4, -0.2) is 0 Å². The summed E-state index contributed by atoms with van der Waals surface area (Å²) < 4.78 is 9.32. The summed E-state index contributed by atoms with van der Waals surface area (Å²) in [5.74, 6) is 0. The van der Waals surface area contributed by atoms with Gasteiger partial charge in [-0.2, -0.15) is 0 Å². The van der Waals surface area contributed by atoms with Gasteiger partial charge in [0, 0.05) is 36.5 Å². The van der Waals surface area contributed by atoms with Gasteiger partial charge in [0.2, 0.25) is 0 Å². The van der Waals surface area contributed by atoms with Crippen molar-refractivity contribution in [3.63, 3.8) is 0 Å². The molecule has 0 saturated heterocycles. The lowest BCUT2D eigenvalue weighted by Crippen LogP contribution is -2.11. The van der Waals surface area contributed by atoms with E-state index in [0.717, 1.165) is 50.1 Å². The van der Waals surface area contributed by atoms with Gasteiger partial charge in [-0.1, -0.05) is 121 Å². The molecule has 8 aromatic carbocycles. The highest BCUT2D eigenvalue weighted by molar-refractivity contribution is 7.26. The summed E-state index contributed by atoms with van der Waals surface area (Å²) in [5.41, 5.74) is 7.38. The molecular weight excluding hydrogens is 591 g/mol. The van der Waals surface area contributed by atoms with Crippen molar-refractivity contribution in [3.05, 3.63) is 164 Å². The van der Waals surface area contributed by atoms with Gasteiger partial charge in [-0.25, -0.2) is 0 Å². The molecular formula is C44H27NOS. The Morgan fingerprint density at radius 3 is 2.00 bits per heavy atom. The monoisotopic (exact) mass is 617 g/mol. The van der Waals surface area contributed by atoms with Crippen molar-refractivity contribution in [2.24, 2.45) is 0 Å². The zero-order valence-electron chi connectivity index (χ0n) is 25.4. The van der Waals surface area contributed by atoms with Gasteiger partial charge in [-0.3, -0.25) is 0 Å². The minimum absolute atomic E-state index is 0.884. The second-order valence-electron chi connectivity index (χ2n) is 12.0. The molecule has 2 aromatic heterocycles. The molecule has 0 radical (unpaired) electrons. The number of thiophene rings is 1. The second kappa shape index (κ2) is 10.3. The number of anilines is 3. The first kappa shape index (κ1) is 26.3. The van der Waals surface area contributed by atoms with Crippen LogP contribution in [0.2, 0.25) is 0 Å². The summed E-state index contributed by atoms with van der Waals surface area (Å²) in [7, 11) is 0. The minimum Gasteiger partial charge on any atom is -0.455 e. The molecule has 10 rings (SSSR count). The van der Waals surface area contributed by atoms with Crippen LogP contribution in [0.3, 0.4) is 0 Å². The van der Waals surface area contributed by atoms with Crippen LogP contribution in [0.25, 0.3) is 74.8 Å². The quantitative estimate of drug-likeness (QED) is 0.183. The Labute approximate surface area is 275 Å².